The van der Waals surface area contributed by atoms with Crippen LogP contribution in [0.5, 0.6) is 0 Å². The van der Waals surface area contributed by atoms with E-state index in [-0.39, 0.29) is 0 Å². The Morgan fingerprint density at radius 2 is 0.843 bits per heavy atom. The molecule has 0 aliphatic heterocycles. The highest BCUT2D eigenvalue weighted by molar-refractivity contribution is 6.26. The number of rotatable bonds is 5. The predicted octanol–water partition coefficient (Wildman–Crippen LogP) is 17.3. The molecule has 3 aromatic heterocycles. The largest absolute Gasteiger partial charge is 0.455 e. The quantitative estimate of drug-likeness (QED) is 0.162. The molecule has 324 valence electrons. The summed E-state index contributed by atoms with van der Waals surface area (Å²) in [6.45, 7) is 0. The molecular weight excluding hydrogens is 853 g/mol. The number of furan rings is 1. The van der Waals surface area contributed by atoms with Gasteiger partial charge >= 0.3 is 0 Å². The minimum Gasteiger partial charge on any atom is -0.455 e. The average molecular weight is 891 g/mol. The fourth-order valence-electron chi connectivity index (χ4n) is 11.1. The maximum Gasteiger partial charge on any atom is 0.166 e. The normalized spacial score (nSPS) is 12.0. The van der Waals surface area contributed by atoms with Crippen molar-refractivity contribution >= 4 is 97.6 Å². The van der Waals surface area contributed by atoms with E-state index in [2.05, 4.69) is 229 Å². The van der Waals surface area contributed by atoms with Gasteiger partial charge in [0.05, 0.1) is 22.1 Å². The van der Waals surface area contributed by atoms with Crippen LogP contribution in [0.25, 0.3) is 149 Å². The van der Waals surface area contributed by atoms with Gasteiger partial charge in [-0.15, -0.1) is 0 Å². The lowest BCUT2D eigenvalue weighted by Gasteiger charge is -2.16. The predicted molar refractivity (Wildman–Crippen MR) is 291 cm³/mol. The molecule has 0 aliphatic rings. The lowest BCUT2D eigenvalue weighted by atomic mass is 9.99. The Morgan fingerprint density at radius 3 is 1.64 bits per heavy atom. The van der Waals surface area contributed by atoms with Crippen LogP contribution < -0.4 is 0 Å². The van der Waals surface area contributed by atoms with E-state index in [1.807, 2.05) is 6.07 Å². The fourth-order valence-corrected chi connectivity index (χ4v) is 11.1. The number of hydrogen-bond acceptors (Lipinski definition) is 4. The van der Waals surface area contributed by atoms with Crippen LogP contribution in [0.4, 0.5) is 0 Å². The third-order valence-electron chi connectivity index (χ3n) is 14.4. The van der Waals surface area contributed by atoms with Gasteiger partial charge in [0.2, 0.25) is 0 Å². The van der Waals surface area contributed by atoms with Gasteiger partial charge in [-0.1, -0.05) is 188 Å². The second-order valence-corrected chi connectivity index (χ2v) is 18.3. The first-order chi connectivity index (χ1) is 34.7. The summed E-state index contributed by atoms with van der Waals surface area (Å²) in [5.41, 5.74) is 9.70. The number of hydrogen-bond donors (Lipinski definition) is 0. The van der Waals surface area contributed by atoms with Gasteiger partial charge in [-0.2, -0.15) is 0 Å². The van der Waals surface area contributed by atoms with Crippen LogP contribution in [0.2, 0.25) is 0 Å². The summed E-state index contributed by atoms with van der Waals surface area (Å²) in [5.74, 6) is 1.75. The monoisotopic (exact) mass is 890 g/mol. The Bertz CT molecular complexity index is 4640. The lowest BCUT2D eigenvalue weighted by molar-refractivity contribution is 0.672. The van der Waals surface area contributed by atoms with Crippen LogP contribution in [0, 0.1) is 0 Å². The van der Waals surface area contributed by atoms with Gasteiger partial charge in [-0.25, -0.2) is 15.0 Å². The van der Waals surface area contributed by atoms with E-state index < -0.39 is 0 Å². The Kier molecular flexibility index (Phi) is 8.29. The highest BCUT2D eigenvalue weighted by Gasteiger charge is 2.26. The van der Waals surface area contributed by atoms with Crippen molar-refractivity contribution in [3.05, 3.63) is 231 Å². The van der Waals surface area contributed by atoms with Crippen molar-refractivity contribution in [1.82, 2.24) is 19.5 Å². The Balaban J connectivity index is 1.06. The number of nitrogens with zero attached hydrogens (tertiary/aromatic N) is 4. The first-order valence-electron chi connectivity index (χ1n) is 23.7. The average Bonchev–Trinajstić information content (AvgIpc) is 3.98. The van der Waals surface area contributed by atoms with E-state index >= 15 is 0 Å². The van der Waals surface area contributed by atoms with Crippen molar-refractivity contribution in [2.45, 2.75) is 0 Å². The molecule has 0 atom stereocenters. The number of benzene rings is 12. The summed E-state index contributed by atoms with van der Waals surface area (Å²) in [4.78, 5) is 16.3. The molecule has 0 amide bonds. The summed E-state index contributed by atoms with van der Waals surface area (Å²) < 4.78 is 9.45. The van der Waals surface area contributed by atoms with E-state index in [1.165, 1.54) is 43.1 Å². The molecule has 0 saturated carbocycles. The molecule has 0 N–H and O–H groups in total. The first kappa shape index (κ1) is 38.6. The summed E-state index contributed by atoms with van der Waals surface area (Å²) in [6.07, 6.45) is 0. The second kappa shape index (κ2) is 15.0. The van der Waals surface area contributed by atoms with Gasteiger partial charge in [0.25, 0.3) is 0 Å². The van der Waals surface area contributed by atoms with Crippen molar-refractivity contribution < 1.29 is 4.42 Å². The molecule has 0 bridgehead atoms. The van der Waals surface area contributed by atoms with Crippen LogP contribution >= 0.6 is 0 Å². The van der Waals surface area contributed by atoms with E-state index in [0.717, 1.165) is 88.0 Å². The third kappa shape index (κ3) is 5.88. The SMILES string of the molecule is c1ccc(-c2ccc(-c3nc(-c4ccc5c(ccc6ccccc65)c4)nc(-c4ccc5oc6c7ccccc7ccc6c5c4-n4c5cc6ccccc6cc5c5c6ccccc6ccc54)n3)cc2)cc1. The molecule has 15 aromatic rings. The molecule has 15 rings (SSSR count). The number of fused-ring (bicyclic) bond motifs is 14. The van der Waals surface area contributed by atoms with Crippen LogP contribution in [0.1, 0.15) is 0 Å². The van der Waals surface area contributed by atoms with Gasteiger partial charge in [0.15, 0.2) is 17.5 Å². The molecule has 0 fully saturated rings. The molecule has 70 heavy (non-hydrogen) atoms. The van der Waals surface area contributed by atoms with E-state index in [1.54, 1.807) is 0 Å². The Morgan fingerprint density at radius 1 is 0.300 bits per heavy atom. The van der Waals surface area contributed by atoms with E-state index in [4.69, 9.17) is 19.4 Å². The van der Waals surface area contributed by atoms with Crippen LogP contribution in [0.15, 0.2) is 235 Å². The lowest BCUT2D eigenvalue weighted by Crippen LogP contribution is -2.04. The molecule has 3 heterocycles. The van der Waals surface area contributed by atoms with Gasteiger partial charge in [0, 0.05) is 38.2 Å². The standard InChI is InChI=1S/C65H38N4O/c1-2-12-39(13-3-1)40-22-25-44(26-23-40)63-66-64(48-29-31-50-47(36-48)27-24-41-14-6-9-19-49(41)50)68-65(67-63)54-33-35-58-60(53-32-28-43-16-8-11-21-52(43)62(53)70-58)61(54)69-56-34-30-42-15-7-10-20-51(42)59(56)55-37-45-17-4-5-18-46(45)38-57(55)69/h1-38H. The van der Waals surface area contributed by atoms with Gasteiger partial charge in [0.1, 0.15) is 11.2 Å². The second-order valence-electron chi connectivity index (χ2n) is 18.3. The molecule has 12 aromatic carbocycles. The van der Waals surface area contributed by atoms with Crippen molar-refractivity contribution in [1.29, 1.82) is 0 Å². The minimum atomic E-state index is 0.564. The van der Waals surface area contributed by atoms with Crippen molar-refractivity contribution in [2.24, 2.45) is 0 Å². The summed E-state index contributed by atoms with van der Waals surface area (Å²) in [5, 5.41) is 16.0. The topological polar surface area (TPSA) is 56.7 Å². The van der Waals surface area contributed by atoms with Crippen molar-refractivity contribution in [3.63, 3.8) is 0 Å². The van der Waals surface area contributed by atoms with Crippen LogP contribution in [-0.2, 0) is 0 Å². The van der Waals surface area contributed by atoms with Crippen LogP contribution in [-0.4, -0.2) is 19.5 Å². The zero-order valence-electron chi connectivity index (χ0n) is 37.6. The van der Waals surface area contributed by atoms with E-state index in [0.29, 0.717) is 17.5 Å². The molecule has 5 nitrogen and oxygen atoms in total. The highest BCUT2D eigenvalue weighted by Crippen LogP contribution is 2.46. The molecule has 0 aliphatic carbocycles. The smallest absolute Gasteiger partial charge is 0.166 e. The Labute approximate surface area is 401 Å². The Hall–Kier alpha value is -9.45. The fraction of sp³-hybridized carbons (Fsp3) is 0. The molecular formula is C65H38N4O. The van der Waals surface area contributed by atoms with Gasteiger partial charge < -0.3 is 8.98 Å². The first-order valence-corrected chi connectivity index (χ1v) is 23.7. The molecule has 5 heteroatoms. The zero-order chi connectivity index (χ0) is 45.9. The number of aromatic nitrogens is 4. The molecule has 0 saturated heterocycles. The minimum absolute atomic E-state index is 0.564. The zero-order valence-corrected chi connectivity index (χ0v) is 37.6. The van der Waals surface area contributed by atoms with E-state index in [9.17, 15) is 0 Å². The van der Waals surface area contributed by atoms with Crippen molar-refractivity contribution in [3.8, 4) is 51.0 Å². The third-order valence-corrected chi connectivity index (χ3v) is 14.4. The summed E-state index contributed by atoms with van der Waals surface area (Å²) in [6, 6.07) is 82.2. The maximum absolute atomic E-state index is 7.00. The summed E-state index contributed by atoms with van der Waals surface area (Å²) in [7, 11) is 0. The summed E-state index contributed by atoms with van der Waals surface area (Å²) >= 11 is 0. The highest BCUT2D eigenvalue weighted by atomic mass is 16.3. The van der Waals surface area contributed by atoms with Crippen LogP contribution in [0.3, 0.4) is 0 Å². The van der Waals surface area contributed by atoms with Gasteiger partial charge in [-0.05, 0) is 102 Å². The molecule has 0 radical (unpaired) electrons. The molecule has 0 spiro atoms. The van der Waals surface area contributed by atoms with Gasteiger partial charge in [-0.3, -0.25) is 0 Å². The maximum atomic E-state index is 7.00. The molecule has 0 unspecified atom stereocenters. The van der Waals surface area contributed by atoms with Crippen molar-refractivity contribution in [2.75, 3.05) is 0 Å².